The Balaban J connectivity index is 1.35. The number of likely N-dealkylation sites (tertiary alicyclic amines) is 2. The van der Waals surface area contributed by atoms with Gasteiger partial charge in [-0.05, 0) is 86.4 Å². The van der Waals surface area contributed by atoms with Crippen molar-refractivity contribution in [3.63, 3.8) is 0 Å². The molecule has 2 aliphatic heterocycles. The Kier molecular flexibility index (Phi) is 10.9. The number of sulfone groups is 1. The van der Waals surface area contributed by atoms with Crippen LogP contribution >= 0.6 is 11.6 Å². The molecule has 0 radical (unpaired) electrons. The highest BCUT2D eigenvalue weighted by Gasteiger charge is 2.42. The highest BCUT2D eigenvalue weighted by Crippen LogP contribution is 2.43. The number of nitrogens with zero attached hydrogens (tertiary/aromatic N) is 2. The van der Waals surface area contributed by atoms with Crippen molar-refractivity contribution in [2.75, 3.05) is 26.2 Å². The van der Waals surface area contributed by atoms with Crippen molar-refractivity contribution in [2.24, 2.45) is 46.5 Å². The second kappa shape index (κ2) is 13.7. The predicted molar refractivity (Wildman–Crippen MR) is 176 cm³/mol. The number of amides is 1. The smallest absolute Gasteiger partial charge is 0.231 e. The van der Waals surface area contributed by atoms with Crippen LogP contribution in [0.2, 0.25) is 5.02 Å². The number of piperidine rings is 2. The lowest BCUT2D eigenvalue weighted by Crippen LogP contribution is -2.54. The maximum atomic E-state index is 13.3. The van der Waals surface area contributed by atoms with Gasteiger partial charge in [0.05, 0.1) is 10.8 Å². The van der Waals surface area contributed by atoms with Gasteiger partial charge in [-0.1, -0.05) is 76.1 Å². The van der Waals surface area contributed by atoms with Crippen LogP contribution in [0.3, 0.4) is 0 Å². The quantitative estimate of drug-likeness (QED) is 0.392. The molecule has 2 fully saturated rings. The maximum absolute atomic E-state index is 13.3. The Morgan fingerprint density at radius 2 is 1.79 bits per heavy atom. The standard InChI is InChI=1S/C34H53ClN4O3S/c1-22-9-7-12-29(31(22)36)33(40)38-17-14-27(15-18-38)39-16-13-25(30(21-39)34(4,5)6)19-23(2)24(3)32(37)43(41,42)28-11-8-10-26(35)20-28/h7-12,20,23-25,27,29-32H,13-19,21,36-37H2,1-6H3/t23-,24-,25?,29?,30?,31?,32?/m1/s1. The molecule has 240 valence electrons. The van der Waals surface area contributed by atoms with Crippen LogP contribution in [0.5, 0.6) is 0 Å². The monoisotopic (exact) mass is 632 g/mol. The molecule has 0 aromatic heterocycles. The van der Waals surface area contributed by atoms with Crippen LogP contribution in [0.1, 0.15) is 67.2 Å². The largest absolute Gasteiger partial charge is 0.342 e. The average Bonchev–Trinajstić information content (AvgIpc) is 2.97. The summed E-state index contributed by atoms with van der Waals surface area (Å²) >= 11 is 6.08. The van der Waals surface area contributed by atoms with Crippen LogP contribution < -0.4 is 11.5 Å². The topological polar surface area (TPSA) is 110 Å². The summed E-state index contributed by atoms with van der Waals surface area (Å²) in [4.78, 5) is 18.1. The minimum atomic E-state index is -3.69. The summed E-state index contributed by atoms with van der Waals surface area (Å²) in [6, 6.07) is 6.62. The summed E-state index contributed by atoms with van der Waals surface area (Å²) in [6.07, 6.45) is 9.90. The number of carbonyl (C=O) groups excluding carboxylic acids is 1. The Hall–Kier alpha value is -1.71. The van der Waals surface area contributed by atoms with E-state index in [2.05, 4.69) is 32.6 Å². The lowest BCUT2D eigenvalue weighted by molar-refractivity contribution is -0.136. The molecule has 2 saturated heterocycles. The lowest BCUT2D eigenvalue weighted by Gasteiger charge is -2.50. The summed E-state index contributed by atoms with van der Waals surface area (Å²) in [5.41, 5.74) is 14.0. The Morgan fingerprint density at radius 3 is 2.42 bits per heavy atom. The van der Waals surface area contributed by atoms with E-state index in [9.17, 15) is 13.2 Å². The van der Waals surface area contributed by atoms with Gasteiger partial charge in [0.15, 0.2) is 9.84 Å². The molecule has 43 heavy (non-hydrogen) atoms. The molecule has 4 rings (SSSR count). The summed E-state index contributed by atoms with van der Waals surface area (Å²) in [5, 5.41) is -0.593. The van der Waals surface area contributed by atoms with Crippen LogP contribution in [0, 0.1) is 35.0 Å². The van der Waals surface area contributed by atoms with Crippen LogP contribution in [0.4, 0.5) is 0 Å². The highest BCUT2D eigenvalue weighted by molar-refractivity contribution is 7.92. The minimum Gasteiger partial charge on any atom is -0.342 e. The van der Waals surface area contributed by atoms with Crippen molar-refractivity contribution in [3.8, 4) is 0 Å². The van der Waals surface area contributed by atoms with Gasteiger partial charge in [-0.25, -0.2) is 8.42 Å². The highest BCUT2D eigenvalue weighted by atomic mass is 35.5. The molecule has 0 saturated carbocycles. The molecule has 1 aromatic carbocycles. The zero-order chi connectivity index (χ0) is 31.7. The Labute approximate surface area is 265 Å². The van der Waals surface area contributed by atoms with Crippen LogP contribution in [0.25, 0.3) is 0 Å². The molecule has 9 heteroatoms. The second-order valence-corrected chi connectivity index (χ2v) is 17.0. The first kappa shape index (κ1) is 34.2. The third-order valence-corrected chi connectivity index (χ3v) is 12.9. The molecule has 2 heterocycles. The number of nitrogens with two attached hydrogens (primary N) is 2. The first-order valence-corrected chi connectivity index (χ1v) is 17.9. The van der Waals surface area contributed by atoms with Crippen molar-refractivity contribution in [1.29, 1.82) is 0 Å². The molecule has 7 nitrogen and oxygen atoms in total. The summed E-state index contributed by atoms with van der Waals surface area (Å²) in [7, 11) is -3.69. The van der Waals surface area contributed by atoms with E-state index < -0.39 is 15.2 Å². The number of hydrogen-bond donors (Lipinski definition) is 2. The number of halogens is 1. The number of allylic oxidation sites excluding steroid dienone is 2. The van der Waals surface area contributed by atoms with E-state index in [0.29, 0.717) is 22.9 Å². The first-order valence-electron chi connectivity index (χ1n) is 16.0. The van der Waals surface area contributed by atoms with Crippen molar-refractivity contribution in [2.45, 2.75) is 89.6 Å². The van der Waals surface area contributed by atoms with Gasteiger partial charge in [0, 0.05) is 36.7 Å². The zero-order valence-corrected chi connectivity index (χ0v) is 28.4. The van der Waals surface area contributed by atoms with Crippen molar-refractivity contribution < 1.29 is 13.2 Å². The molecule has 3 aliphatic rings. The van der Waals surface area contributed by atoms with Gasteiger partial charge in [0.2, 0.25) is 5.91 Å². The molecule has 0 spiro atoms. The molecule has 0 bridgehead atoms. The van der Waals surface area contributed by atoms with E-state index in [1.165, 1.54) is 6.07 Å². The SMILES string of the molecule is CC1=CC=CC(C(=O)N2CCC(N3CCC(C[C@@H](C)[C@@H](C)C(N)S(=O)(=O)c4cccc(Cl)c4)C(C(C)(C)C)C3)CC2)C1N. The van der Waals surface area contributed by atoms with E-state index in [-0.39, 0.29) is 40.0 Å². The summed E-state index contributed by atoms with van der Waals surface area (Å²) in [5.74, 6) is 0.818. The van der Waals surface area contributed by atoms with Gasteiger partial charge >= 0.3 is 0 Å². The maximum Gasteiger partial charge on any atom is 0.231 e. The van der Waals surface area contributed by atoms with E-state index in [1.807, 2.05) is 37.0 Å². The third kappa shape index (κ3) is 7.75. The molecule has 1 aliphatic carbocycles. The van der Waals surface area contributed by atoms with E-state index in [4.69, 9.17) is 23.1 Å². The Morgan fingerprint density at radius 1 is 1.12 bits per heavy atom. The molecule has 1 aromatic rings. The van der Waals surface area contributed by atoms with Gasteiger partial charge in [-0.15, -0.1) is 0 Å². The van der Waals surface area contributed by atoms with Crippen LogP contribution in [-0.2, 0) is 14.6 Å². The van der Waals surface area contributed by atoms with Gasteiger partial charge < -0.3 is 16.4 Å². The predicted octanol–water partition coefficient (Wildman–Crippen LogP) is 5.50. The normalized spacial score (nSPS) is 28.3. The van der Waals surface area contributed by atoms with Crippen LogP contribution in [-0.4, -0.2) is 67.8 Å². The van der Waals surface area contributed by atoms with Gasteiger partial charge in [-0.2, -0.15) is 0 Å². The minimum absolute atomic E-state index is 0.118. The van der Waals surface area contributed by atoms with Crippen LogP contribution in [0.15, 0.2) is 53.0 Å². The molecule has 7 atom stereocenters. The average molecular weight is 633 g/mol. The van der Waals surface area contributed by atoms with E-state index in [1.54, 1.807) is 18.2 Å². The summed E-state index contributed by atoms with van der Waals surface area (Å²) in [6.45, 7) is 16.7. The number of carbonyl (C=O) groups is 1. The molecule has 5 unspecified atom stereocenters. The zero-order valence-electron chi connectivity index (χ0n) is 26.9. The number of rotatable bonds is 8. The molecule has 1 amide bonds. The van der Waals surface area contributed by atoms with E-state index in [0.717, 1.165) is 57.4 Å². The Bertz CT molecular complexity index is 1300. The lowest BCUT2D eigenvalue weighted by atomic mass is 9.66. The van der Waals surface area contributed by atoms with E-state index >= 15 is 0 Å². The van der Waals surface area contributed by atoms with Gasteiger partial charge in [0.1, 0.15) is 5.37 Å². The van der Waals surface area contributed by atoms with Crippen molar-refractivity contribution in [1.82, 2.24) is 9.80 Å². The summed E-state index contributed by atoms with van der Waals surface area (Å²) < 4.78 is 26.6. The molecular weight excluding hydrogens is 580 g/mol. The first-order chi connectivity index (χ1) is 20.1. The molecule has 4 N–H and O–H groups in total. The second-order valence-electron chi connectivity index (χ2n) is 14.5. The fourth-order valence-electron chi connectivity index (χ4n) is 7.46. The number of hydrogen-bond acceptors (Lipinski definition) is 6. The van der Waals surface area contributed by atoms with Crippen molar-refractivity contribution in [3.05, 3.63) is 53.1 Å². The number of benzene rings is 1. The van der Waals surface area contributed by atoms with Crippen molar-refractivity contribution >= 4 is 27.3 Å². The van der Waals surface area contributed by atoms with Gasteiger partial charge in [-0.3, -0.25) is 9.69 Å². The third-order valence-electron chi connectivity index (χ3n) is 10.6. The van der Waals surface area contributed by atoms with Gasteiger partial charge in [0.25, 0.3) is 0 Å². The fourth-order valence-corrected chi connectivity index (χ4v) is 9.42. The molecular formula is C34H53ClN4O3S. The fraction of sp³-hybridized carbons (Fsp3) is 0.676.